The van der Waals surface area contributed by atoms with Crippen LogP contribution in [-0.4, -0.2) is 11.4 Å². The summed E-state index contributed by atoms with van der Waals surface area (Å²) in [6.07, 6.45) is 3.53. The first-order chi connectivity index (χ1) is 4.18. The van der Waals surface area contributed by atoms with E-state index in [1.807, 2.05) is 19.9 Å². The number of aliphatic imine (C=N–C) groups is 1. The summed E-state index contributed by atoms with van der Waals surface area (Å²) < 4.78 is 0. The second kappa shape index (κ2) is 4.01. The molecule has 50 valence electrons. The van der Waals surface area contributed by atoms with Gasteiger partial charge in [0.05, 0.1) is 5.71 Å². The molecule has 1 N–H and O–H groups in total. The Bertz CT molecular complexity index is 154. The van der Waals surface area contributed by atoms with Crippen molar-refractivity contribution in [2.75, 3.05) is 0 Å². The van der Waals surface area contributed by atoms with E-state index >= 15 is 0 Å². The normalized spacial score (nSPS) is 12.6. The molecule has 0 atom stereocenters. The highest BCUT2D eigenvalue weighted by molar-refractivity contribution is 6.39. The number of nitrogens with one attached hydrogen (secondary N) is 1. The van der Waals surface area contributed by atoms with Crippen molar-refractivity contribution in [1.29, 1.82) is 5.41 Å². The van der Waals surface area contributed by atoms with Gasteiger partial charge in [0, 0.05) is 11.9 Å². The van der Waals surface area contributed by atoms with E-state index < -0.39 is 0 Å². The average molecular weight is 124 g/mol. The summed E-state index contributed by atoms with van der Waals surface area (Å²) >= 11 is 0. The number of hydrogen-bond donors (Lipinski definition) is 1. The molecule has 0 heterocycles. The van der Waals surface area contributed by atoms with E-state index in [1.54, 1.807) is 13.1 Å². The molecule has 9 heavy (non-hydrogen) atoms. The topological polar surface area (TPSA) is 36.2 Å². The second-order valence-corrected chi connectivity index (χ2v) is 1.82. The third kappa shape index (κ3) is 3.64. The molecule has 0 aliphatic carbocycles. The maximum absolute atomic E-state index is 7.11. The lowest BCUT2D eigenvalue weighted by Gasteiger charge is -1.89. The maximum Gasteiger partial charge on any atom is 0.0576 e. The Labute approximate surface area is 55.8 Å². The average Bonchev–Trinajstić information content (AvgIpc) is 1.82. The van der Waals surface area contributed by atoms with Crippen LogP contribution in [0.5, 0.6) is 0 Å². The van der Waals surface area contributed by atoms with Crippen molar-refractivity contribution in [1.82, 2.24) is 0 Å². The number of nitrogens with zero attached hydrogens (tertiary/aromatic N) is 1. The minimum atomic E-state index is 0.521. The molecule has 2 heteroatoms. The van der Waals surface area contributed by atoms with Gasteiger partial charge >= 0.3 is 0 Å². The lowest BCUT2D eigenvalue weighted by molar-refractivity contribution is 1.46. The summed E-state index contributed by atoms with van der Waals surface area (Å²) in [7, 11) is 0. The van der Waals surface area contributed by atoms with Crippen LogP contribution in [0, 0.1) is 5.41 Å². The minimum Gasteiger partial charge on any atom is -0.304 e. The van der Waals surface area contributed by atoms with Crippen molar-refractivity contribution in [2.45, 2.75) is 20.8 Å². The van der Waals surface area contributed by atoms with Crippen LogP contribution < -0.4 is 0 Å². The van der Waals surface area contributed by atoms with E-state index in [0.717, 1.165) is 5.71 Å². The van der Waals surface area contributed by atoms with Crippen molar-refractivity contribution in [2.24, 2.45) is 4.99 Å². The van der Waals surface area contributed by atoms with Crippen molar-refractivity contribution in [3.8, 4) is 0 Å². The van der Waals surface area contributed by atoms with Gasteiger partial charge in [-0.2, -0.15) is 0 Å². The SMILES string of the molecule is C/C=C\N=C(\C)C(C)=N. The largest absolute Gasteiger partial charge is 0.304 e. The number of hydrogen-bond acceptors (Lipinski definition) is 2. The predicted molar refractivity (Wildman–Crippen MR) is 41.3 cm³/mol. The van der Waals surface area contributed by atoms with Crippen LogP contribution in [0.3, 0.4) is 0 Å². The van der Waals surface area contributed by atoms with Gasteiger partial charge in [-0.25, -0.2) is 0 Å². The molecular formula is C7H12N2. The lowest BCUT2D eigenvalue weighted by atomic mass is 10.3. The van der Waals surface area contributed by atoms with Crippen molar-refractivity contribution in [3.05, 3.63) is 12.3 Å². The van der Waals surface area contributed by atoms with Gasteiger partial charge < -0.3 is 5.41 Å². The Hall–Kier alpha value is -0.920. The molecule has 0 fully saturated rings. The van der Waals surface area contributed by atoms with E-state index in [2.05, 4.69) is 4.99 Å². The first-order valence-electron chi connectivity index (χ1n) is 2.89. The van der Waals surface area contributed by atoms with Crippen LogP contribution in [0.1, 0.15) is 20.8 Å². The molecule has 0 saturated heterocycles. The molecular weight excluding hydrogens is 112 g/mol. The van der Waals surface area contributed by atoms with E-state index in [0.29, 0.717) is 5.71 Å². The Morgan fingerprint density at radius 1 is 1.44 bits per heavy atom. The van der Waals surface area contributed by atoms with Crippen LogP contribution in [0.25, 0.3) is 0 Å². The van der Waals surface area contributed by atoms with Crippen LogP contribution in [-0.2, 0) is 0 Å². The fraction of sp³-hybridized carbons (Fsp3) is 0.429. The third-order valence-electron chi connectivity index (χ3n) is 0.960. The van der Waals surface area contributed by atoms with E-state index in [-0.39, 0.29) is 0 Å². The Kier molecular flexibility index (Phi) is 3.60. The number of allylic oxidation sites excluding steroid dienone is 1. The second-order valence-electron chi connectivity index (χ2n) is 1.82. The van der Waals surface area contributed by atoms with Crippen LogP contribution in [0.4, 0.5) is 0 Å². The lowest BCUT2D eigenvalue weighted by Crippen LogP contribution is -2.01. The van der Waals surface area contributed by atoms with Crippen LogP contribution in [0.15, 0.2) is 17.3 Å². The molecule has 0 aromatic carbocycles. The quantitative estimate of drug-likeness (QED) is 0.547. The molecule has 0 aromatic heterocycles. The van der Waals surface area contributed by atoms with E-state index in [1.165, 1.54) is 0 Å². The van der Waals surface area contributed by atoms with E-state index in [9.17, 15) is 0 Å². The molecule has 0 radical (unpaired) electrons. The van der Waals surface area contributed by atoms with Gasteiger partial charge in [0.2, 0.25) is 0 Å². The Balaban J connectivity index is 4.00. The predicted octanol–water partition coefficient (Wildman–Crippen LogP) is 2.02. The van der Waals surface area contributed by atoms with Gasteiger partial charge in [0.1, 0.15) is 0 Å². The Morgan fingerprint density at radius 3 is 2.33 bits per heavy atom. The molecule has 0 bridgehead atoms. The molecule has 0 unspecified atom stereocenters. The summed E-state index contributed by atoms with van der Waals surface area (Å²) in [6.45, 7) is 5.45. The molecule has 0 aliphatic heterocycles. The monoisotopic (exact) mass is 124 g/mol. The summed E-state index contributed by atoms with van der Waals surface area (Å²) in [5.74, 6) is 0. The number of rotatable bonds is 2. The highest BCUT2D eigenvalue weighted by Crippen LogP contribution is 1.81. The molecule has 0 spiro atoms. The molecule has 0 aliphatic rings. The van der Waals surface area contributed by atoms with Gasteiger partial charge in [-0.3, -0.25) is 4.99 Å². The van der Waals surface area contributed by atoms with Gasteiger partial charge in [0.25, 0.3) is 0 Å². The Morgan fingerprint density at radius 2 is 2.00 bits per heavy atom. The minimum absolute atomic E-state index is 0.521. The summed E-state index contributed by atoms with van der Waals surface area (Å²) in [5, 5.41) is 7.11. The summed E-state index contributed by atoms with van der Waals surface area (Å²) in [4.78, 5) is 3.95. The van der Waals surface area contributed by atoms with Gasteiger partial charge in [-0.05, 0) is 20.8 Å². The summed E-state index contributed by atoms with van der Waals surface area (Å²) in [6, 6.07) is 0. The van der Waals surface area contributed by atoms with Crippen molar-refractivity contribution < 1.29 is 0 Å². The van der Waals surface area contributed by atoms with Gasteiger partial charge in [-0.1, -0.05) is 6.08 Å². The van der Waals surface area contributed by atoms with Crippen LogP contribution in [0.2, 0.25) is 0 Å². The zero-order valence-corrected chi connectivity index (χ0v) is 6.10. The third-order valence-corrected chi connectivity index (χ3v) is 0.960. The summed E-state index contributed by atoms with van der Waals surface area (Å²) in [5.41, 5.74) is 1.29. The molecule has 0 saturated carbocycles. The van der Waals surface area contributed by atoms with Crippen molar-refractivity contribution >= 4 is 11.4 Å². The maximum atomic E-state index is 7.11. The zero-order chi connectivity index (χ0) is 7.28. The fourth-order valence-electron chi connectivity index (χ4n) is 0.283. The molecule has 0 amide bonds. The van der Waals surface area contributed by atoms with Gasteiger partial charge in [0.15, 0.2) is 0 Å². The van der Waals surface area contributed by atoms with E-state index in [4.69, 9.17) is 5.41 Å². The van der Waals surface area contributed by atoms with Gasteiger partial charge in [-0.15, -0.1) is 0 Å². The first-order valence-corrected chi connectivity index (χ1v) is 2.89. The highest BCUT2D eigenvalue weighted by atomic mass is 14.7. The highest BCUT2D eigenvalue weighted by Gasteiger charge is 1.87. The zero-order valence-electron chi connectivity index (χ0n) is 6.10. The van der Waals surface area contributed by atoms with Crippen LogP contribution >= 0.6 is 0 Å². The molecule has 0 aromatic rings. The molecule has 2 nitrogen and oxygen atoms in total. The first kappa shape index (κ1) is 8.08. The molecule has 0 rings (SSSR count). The fourth-order valence-corrected chi connectivity index (χ4v) is 0.283. The standard InChI is InChI=1S/C7H12N2/c1-4-5-9-7(3)6(2)8/h4-5,8H,1-3H3/b5-4-,8-6?,9-7-. The smallest absolute Gasteiger partial charge is 0.0576 e. The van der Waals surface area contributed by atoms with Crippen molar-refractivity contribution in [3.63, 3.8) is 0 Å².